The van der Waals surface area contributed by atoms with Gasteiger partial charge in [-0.05, 0) is 157 Å². The Morgan fingerprint density at radius 2 is 0.667 bits per heavy atom. The lowest BCUT2D eigenvalue weighted by Gasteiger charge is -2.12. The predicted octanol–water partition coefficient (Wildman–Crippen LogP) is 26.1. The largest absolute Gasteiger partial charge is 0.309 e. The van der Waals surface area contributed by atoms with Crippen LogP contribution in [0.15, 0.2) is 340 Å². The van der Waals surface area contributed by atoms with Crippen molar-refractivity contribution in [3.8, 4) is 85.1 Å². The van der Waals surface area contributed by atoms with Crippen molar-refractivity contribution in [1.29, 1.82) is 0 Å². The molecule has 0 saturated heterocycles. The molecule has 22 rings (SSSR count). The number of aromatic nitrogens is 7. The van der Waals surface area contributed by atoms with Gasteiger partial charge >= 0.3 is 0 Å². The number of nitrogens with zero attached hydrogens (tertiary/aromatic N) is 7. The zero-order valence-electron chi connectivity index (χ0n) is 56.4. The second-order valence-corrected chi connectivity index (χ2v) is 29.2. The Morgan fingerprint density at radius 3 is 1.25 bits per heavy atom. The molecule has 0 saturated carbocycles. The molecule has 1 aliphatic carbocycles. The molecule has 0 fully saturated rings. The van der Waals surface area contributed by atoms with E-state index in [1.165, 1.54) is 111 Å². The highest BCUT2D eigenvalue weighted by Crippen LogP contribution is 2.44. The first-order chi connectivity index (χ1) is 51.9. The van der Waals surface area contributed by atoms with Gasteiger partial charge in [0, 0.05) is 95.2 Å². The third-order valence-electron chi connectivity index (χ3n) is 20.2. The van der Waals surface area contributed by atoms with Crippen LogP contribution in [-0.2, 0) is 6.42 Å². The van der Waals surface area contributed by atoms with Crippen LogP contribution in [0.5, 0.6) is 0 Å². The highest BCUT2D eigenvalue weighted by molar-refractivity contribution is 7.26. The van der Waals surface area contributed by atoms with Crippen molar-refractivity contribution in [3.63, 3.8) is 0 Å². The Balaban J connectivity index is 0.000000118. The molecule has 0 aliphatic heterocycles. The summed E-state index contributed by atoms with van der Waals surface area (Å²) in [6.07, 6.45) is 1.08. The van der Waals surface area contributed by atoms with Crippen LogP contribution in [0.3, 0.4) is 0 Å². The van der Waals surface area contributed by atoms with Crippen molar-refractivity contribution in [3.05, 3.63) is 356 Å². The maximum atomic E-state index is 6.33. The van der Waals surface area contributed by atoms with Crippen LogP contribution in [0.2, 0.25) is 5.02 Å². The quantitative estimate of drug-likeness (QED) is 0.158. The van der Waals surface area contributed by atoms with E-state index in [9.17, 15) is 0 Å². The van der Waals surface area contributed by atoms with E-state index in [0.717, 1.165) is 61.8 Å². The number of fused-ring (bicyclic) bond motifs is 16. The third-order valence-corrected chi connectivity index (χ3v) is 22.9. The maximum Gasteiger partial charge on any atom is 0.165 e. The van der Waals surface area contributed by atoms with Crippen molar-refractivity contribution in [2.75, 3.05) is 0 Å². The number of halogens is 1. The zero-order valence-corrected chi connectivity index (χ0v) is 58.8. The van der Waals surface area contributed by atoms with Gasteiger partial charge in [-0.25, -0.2) is 29.9 Å². The topological polar surface area (TPSA) is 82.3 Å². The fourth-order valence-corrected chi connectivity index (χ4v) is 17.8. The van der Waals surface area contributed by atoms with E-state index in [1.807, 2.05) is 36.4 Å². The molecule has 5 heterocycles. The molecule has 0 amide bonds. The molecule has 0 spiro atoms. The standard InChI is InChI=1S/C47H28N4S.C31H18ClN3S.C17H12/c1-2-12-30-25-34(24-23-29(30)11-1)46-48-45(49-47(50-46)39-20-10-19-38-37-18-6-8-22-43(37)52-44(38)39)33-15-9-16-35(26-33)51-41-21-7-5-17-36(41)40-27-31-13-3-4-14-32(31)28-42(40)51;32-23-10-5-9-21(18-23)29-33-30(22-16-15-19-7-1-2-8-20(19)17-22)35-31(34-29)26-13-6-12-25-24-11-3-4-14-27(24)36-28(25)26;1-2-6-13-11-17-15(9-12(13)5-1)10-14-7-3-4-8-16(14)17/h1-28H;1-18H;1-9,11H,10H2. The van der Waals surface area contributed by atoms with Gasteiger partial charge in [0.25, 0.3) is 0 Å². The summed E-state index contributed by atoms with van der Waals surface area (Å²) in [7, 11) is 0. The number of hydrogen-bond acceptors (Lipinski definition) is 8. The van der Waals surface area contributed by atoms with Gasteiger partial charge in [-0.15, -0.1) is 22.7 Å². The predicted molar refractivity (Wildman–Crippen MR) is 442 cm³/mol. The van der Waals surface area contributed by atoms with Crippen molar-refractivity contribution in [2.45, 2.75) is 6.42 Å². The molecule has 10 heteroatoms. The van der Waals surface area contributed by atoms with E-state index in [1.54, 1.807) is 22.7 Å². The molecule has 7 nitrogen and oxygen atoms in total. The number of para-hydroxylation sites is 1. The second-order valence-electron chi connectivity index (χ2n) is 26.6. The zero-order chi connectivity index (χ0) is 69.5. The molecule has 5 aromatic heterocycles. The monoisotopic (exact) mass is 1400 g/mol. The minimum atomic E-state index is 0.601. The summed E-state index contributed by atoms with van der Waals surface area (Å²) < 4.78 is 7.22. The molecule has 21 aromatic rings. The van der Waals surface area contributed by atoms with E-state index in [4.69, 9.17) is 41.5 Å². The lowest BCUT2D eigenvalue weighted by atomic mass is 10.0. The molecule has 105 heavy (non-hydrogen) atoms. The number of hydrogen-bond donors (Lipinski definition) is 0. The SMILES string of the molecule is Clc1cccc(-c2nc(-c3ccc4ccccc4c3)nc(-c3cccc4c3sc3ccccc34)n2)c1.c1cc(-c2nc(-c3ccc4ccccc4c3)nc(-c3cccc4c3sc3ccccc34)n2)cc(-n2c3ccccc3c3cc4ccccc4cc32)c1.c1ccc2c(c1)Cc1cc3ccccc3cc1-2. The summed E-state index contributed by atoms with van der Waals surface area (Å²) >= 11 is 9.88. The van der Waals surface area contributed by atoms with Crippen LogP contribution in [-0.4, -0.2) is 34.5 Å². The average molecular weight is 1400 g/mol. The van der Waals surface area contributed by atoms with E-state index in [2.05, 4.69) is 308 Å². The van der Waals surface area contributed by atoms with Crippen molar-refractivity contribution in [2.24, 2.45) is 0 Å². The fraction of sp³-hybridized carbons (Fsp3) is 0.0105. The molecule has 492 valence electrons. The second kappa shape index (κ2) is 25.9. The summed E-state index contributed by atoms with van der Waals surface area (Å²) in [6.45, 7) is 0. The van der Waals surface area contributed by atoms with Crippen LogP contribution >= 0.6 is 34.3 Å². The average Bonchev–Trinajstić information content (AvgIpc) is 1.57. The lowest BCUT2D eigenvalue weighted by Crippen LogP contribution is -2.01. The minimum absolute atomic E-state index is 0.601. The van der Waals surface area contributed by atoms with Gasteiger partial charge in [-0.2, -0.15) is 0 Å². The fourth-order valence-electron chi connectivity index (χ4n) is 15.2. The number of benzene rings is 16. The molecule has 0 unspecified atom stereocenters. The first-order valence-corrected chi connectivity index (χ1v) is 37.1. The van der Waals surface area contributed by atoms with Crippen LogP contribution in [0, 0.1) is 0 Å². The van der Waals surface area contributed by atoms with Gasteiger partial charge in [-0.1, -0.05) is 266 Å². The highest BCUT2D eigenvalue weighted by atomic mass is 35.5. The first-order valence-electron chi connectivity index (χ1n) is 35.1. The van der Waals surface area contributed by atoms with Gasteiger partial charge in [0.05, 0.1) is 11.0 Å². The van der Waals surface area contributed by atoms with Crippen LogP contribution in [0.1, 0.15) is 11.1 Å². The molecule has 0 bridgehead atoms. The molecule has 0 radical (unpaired) electrons. The van der Waals surface area contributed by atoms with Crippen molar-refractivity contribution in [1.82, 2.24) is 34.5 Å². The van der Waals surface area contributed by atoms with Crippen molar-refractivity contribution >= 4 is 140 Å². The third kappa shape index (κ3) is 11.3. The molecular weight excluding hydrogens is 1340 g/mol. The van der Waals surface area contributed by atoms with Gasteiger partial charge in [0.15, 0.2) is 34.9 Å². The first kappa shape index (κ1) is 61.9. The number of rotatable bonds is 7. The Kier molecular flexibility index (Phi) is 15.3. The van der Waals surface area contributed by atoms with E-state index < -0.39 is 0 Å². The summed E-state index contributed by atoms with van der Waals surface area (Å²) in [5.74, 6) is 3.85. The Hall–Kier alpha value is -12.9. The highest BCUT2D eigenvalue weighted by Gasteiger charge is 2.22. The molecular formula is C95H58ClN7S2. The Morgan fingerprint density at radius 1 is 0.248 bits per heavy atom. The Bertz CT molecular complexity index is 7070. The van der Waals surface area contributed by atoms with Gasteiger partial charge in [0.1, 0.15) is 0 Å². The normalized spacial score (nSPS) is 11.8. The molecule has 1 aliphatic rings. The van der Waals surface area contributed by atoms with E-state index >= 15 is 0 Å². The molecule has 16 aromatic carbocycles. The lowest BCUT2D eigenvalue weighted by molar-refractivity contribution is 1.07. The van der Waals surface area contributed by atoms with Crippen LogP contribution in [0.4, 0.5) is 0 Å². The maximum absolute atomic E-state index is 6.33. The van der Waals surface area contributed by atoms with Gasteiger partial charge < -0.3 is 4.57 Å². The molecule has 0 atom stereocenters. The van der Waals surface area contributed by atoms with Crippen molar-refractivity contribution < 1.29 is 0 Å². The van der Waals surface area contributed by atoms with Crippen LogP contribution in [0.25, 0.3) is 190 Å². The van der Waals surface area contributed by atoms with Crippen LogP contribution < -0.4 is 0 Å². The van der Waals surface area contributed by atoms with E-state index in [-0.39, 0.29) is 0 Å². The van der Waals surface area contributed by atoms with Gasteiger partial charge in [-0.3, -0.25) is 0 Å². The minimum Gasteiger partial charge on any atom is -0.309 e. The Labute approximate surface area is 617 Å². The van der Waals surface area contributed by atoms with E-state index in [0.29, 0.717) is 40.0 Å². The summed E-state index contributed by atoms with van der Waals surface area (Å²) in [4.78, 5) is 30.5. The molecule has 0 N–H and O–H groups in total. The smallest absolute Gasteiger partial charge is 0.165 e. The summed E-state index contributed by atoms with van der Waals surface area (Å²) in [5.41, 5.74) is 14.8. The number of thiophene rings is 2. The van der Waals surface area contributed by atoms with Gasteiger partial charge in [0.2, 0.25) is 0 Å². The summed E-state index contributed by atoms with van der Waals surface area (Å²) in [6, 6.07) is 119. The summed E-state index contributed by atoms with van der Waals surface area (Å²) in [5, 5.41) is 17.8.